The molecule has 0 unspecified atom stereocenters. The number of hydrogen-bond donors (Lipinski definition) is 3. The maximum atomic E-state index is 9.99. The molecule has 3 N–H and O–H groups in total. The molecule has 1 aliphatic rings. The van der Waals surface area contributed by atoms with E-state index >= 15 is 0 Å². The first kappa shape index (κ1) is 25.6. The Morgan fingerprint density at radius 3 is 2.04 bits per heavy atom. The molecule has 0 radical (unpaired) electrons. The Balaban J connectivity index is 1.90. The van der Waals surface area contributed by atoms with Crippen LogP contribution >= 0.6 is 0 Å². The molecule has 28 heavy (non-hydrogen) atoms. The van der Waals surface area contributed by atoms with E-state index in [0.717, 1.165) is 12.8 Å². The highest BCUT2D eigenvalue weighted by molar-refractivity contribution is 4.87. The average molecular weight is 401 g/mol. The van der Waals surface area contributed by atoms with Crippen molar-refractivity contribution in [2.24, 2.45) is 0 Å². The monoisotopic (exact) mass is 400 g/mol. The fourth-order valence-corrected chi connectivity index (χ4v) is 3.61. The predicted octanol–water partition coefficient (Wildman–Crippen LogP) is 4.13. The summed E-state index contributed by atoms with van der Waals surface area (Å²) in [6.45, 7) is 2.61. The highest BCUT2D eigenvalue weighted by atomic mass is 16.6. The molecular weight excluding hydrogens is 356 g/mol. The zero-order chi connectivity index (χ0) is 20.5. The van der Waals surface area contributed by atoms with Crippen LogP contribution in [0.25, 0.3) is 0 Å². The summed E-state index contributed by atoms with van der Waals surface area (Å²) >= 11 is 0. The summed E-state index contributed by atoms with van der Waals surface area (Å²) in [6.07, 6.45) is 17.8. The van der Waals surface area contributed by atoms with Crippen molar-refractivity contribution >= 4 is 0 Å². The SMILES string of the molecule is CCCCCCC/C=C/CCCCCCCCO[C@H]1[C@H](O)[C@@H](O)CO[C@@H]1CO. The second-order valence-electron chi connectivity index (χ2n) is 8.03. The minimum atomic E-state index is -0.990. The first-order valence-corrected chi connectivity index (χ1v) is 11.6. The molecule has 0 aromatic rings. The Hall–Kier alpha value is -0.460. The first-order chi connectivity index (χ1) is 13.7. The molecule has 0 spiro atoms. The summed E-state index contributed by atoms with van der Waals surface area (Å²) in [5, 5.41) is 28.9. The minimum absolute atomic E-state index is 0.0421. The lowest BCUT2D eigenvalue weighted by atomic mass is 10.0. The van der Waals surface area contributed by atoms with Crippen molar-refractivity contribution in [1.29, 1.82) is 0 Å². The lowest BCUT2D eigenvalue weighted by molar-refractivity contribution is -0.211. The summed E-state index contributed by atoms with van der Waals surface area (Å²) < 4.78 is 11.0. The van der Waals surface area contributed by atoms with Gasteiger partial charge < -0.3 is 24.8 Å². The molecular formula is C23H44O5. The van der Waals surface area contributed by atoms with Gasteiger partial charge in [-0.3, -0.25) is 0 Å². The average Bonchev–Trinajstić information content (AvgIpc) is 2.70. The van der Waals surface area contributed by atoms with Crippen LogP contribution in [0.2, 0.25) is 0 Å². The molecule has 1 fully saturated rings. The molecule has 1 aliphatic heterocycles. The maximum absolute atomic E-state index is 9.99. The van der Waals surface area contributed by atoms with Gasteiger partial charge in [-0.25, -0.2) is 0 Å². The Morgan fingerprint density at radius 2 is 1.43 bits per heavy atom. The number of unbranched alkanes of at least 4 members (excludes halogenated alkanes) is 11. The molecule has 5 heteroatoms. The van der Waals surface area contributed by atoms with Crippen LogP contribution in [-0.2, 0) is 9.47 Å². The molecule has 0 saturated carbocycles. The molecule has 1 rings (SSSR count). The second-order valence-corrected chi connectivity index (χ2v) is 8.03. The van der Waals surface area contributed by atoms with Crippen molar-refractivity contribution in [3.8, 4) is 0 Å². The molecule has 166 valence electrons. The smallest absolute Gasteiger partial charge is 0.114 e. The maximum Gasteiger partial charge on any atom is 0.114 e. The molecule has 0 aromatic carbocycles. The number of rotatable bonds is 17. The highest BCUT2D eigenvalue weighted by Crippen LogP contribution is 2.19. The molecule has 4 atom stereocenters. The van der Waals surface area contributed by atoms with E-state index in [-0.39, 0.29) is 13.2 Å². The van der Waals surface area contributed by atoms with Gasteiger partial charge >= 0.3 is 0 Å². The lowest BCUT2D eigenvalue weighted by Gasteiger charge is -2.37. The van der Waals surface area contributed by atoms with Gasteiger partial charge in [0.2, 0.25) is 0 Å². The highest BCUT2D eigenvalue weighted by Gasteiger charge is 2.39. The second kappa shape index (κ2) is 17.4. The minimum Gasteiger partial charge on any atom is -0.394 e. The van der Waals surface area contributed by atoms with E-state index in [2.05, 4.69) is 19.1 Å². The Bertz CT molecular complexity index is 372. The Kier molecular flexibility index (Phi) is 15.9. The van der Waals surface area contributed by atoms with Crippen LogP contribution < -0.4 is 0 Å². The normalized spacial score (nSPS) is 25.6. The van der Waals surface area contributed by atoms with Gasteiger partial charge in [0, 0.05) is 6.61 Å². The number of hydrogen-bond acceptors (Lipinski definition) is 5. The lowest BCUT2D eigenvalue weighted by Crippen LogP contribution is -2.55. The molecule has 0 bridgehead atoms. The zero-order valence-electron chi connectivity index (χ0n) is 17.9. The van der Waals surface area contributed by atoms with Crippen LogP contribution in [0.3, 0.4) is 0 Å². The standard InChI is InChI=1S/C23H44O5/c1-2-3-4-5-6-7-8-9-10-11-12-13-14-15-16-17-27-23-21(18-24)28-19-20(25)22(23)26/h8-9,20-26H,2-7,10-19H2,1H3/b9-8+/t20-,21+,22+,23+/m0/s1. The third-order valence-corrected chi connectivity index (χ3v) is 5.47. The topological polar surface area (TPSA) is 79.2 Å². The largest absolute Gasteiger partial charge is 0.394 e. The van der Waals surface area contributed by atoms with Gasteiger partial charge in [0.05, 0.1) is 13.2 Å². The molecule has 0 amide bonds. The van der Waals surface area contributed by atoms with E-state index in [0.29, 0.717) is 6.61 Å². The van der Waals surface area contributed by atoms with E-state index < -0.39 is 24.4 Å². The summed E-state index contributed by atoms with van der Waals surface area (Å²) in [7, 11) is 0. The van der Waals surface area contributed by atoms with E-state index in [1.165, 1.54) is 70.6 Å². The first-order valence-electron chi connectivity index (χ1n) is 11.6. The van der Waals surface area contributed by atoms with Crippen molar-refractivity contribution in [2.45, 2.75) is 115 Å². The van der Waals surface area contributed by atoms with Crippen LogP contribution in [0, 0.1) is 0 Å². The van der Waals surface area contributed by atoms with Gasteiger partial charge in [-0.05, 0) is 32.1 Å². The Morgan fingerprint density at radius 1 is 0.857 bits per heavy atom. The van der Waals surface area contributed by atoms with Crippen LogP contribution in [0.4, 0.5) is 0 Å². The van der Waals surface area contributed by atoms with Gasteiger partial charge in [0.15, 0.2) is 0 Å². The third kappa shape index (κ3) is 11.5. The van der Waals surface area contributed by atoms with Gasteiger partial charge in [0.1, 0.15) is 24.4 Å². The van der Waals surface area contributed by atoms with E-state index in [1.807, 2.05) is 0 Å². The third-order valence-electron chi connectivity index (χ3n) is 5.47. The summed E-state index contributed by atoms with van der Waals surface area (Å²) in [5.74, 6) is 0. The number of allylic oxidation sites excluding steroid dienone is 2. The van der Waals surface area contributed by atoms with E-state index in [4.69, 9.17) is 9.47 Å². The van der Waals surface area contributed by atoms with Gasteiger partial charge in [-0.1, -0.05) is 70.4 Å². The van der Waals surface area contributed by atoms with Crippen LogP contribution in [-0.4, -0.2) is 59.6 Å². The summed E-state index contributed by atoms with van der Waals surface area (Å²) in [4.78, 5) is 0. The van der Waals surface area contributed by atoms with Crippen molar-refractivity contribution < 1.29 is 24.8 Å². The molecule has 5 nitrogen and oxygen atoms in total. The number of aliphatic hydroxyl groups excluding tert-OH is 3. The number of ether oxygens (including phenoxy) is 2. The quantitative estimate of drug-likeness (QED) is 0.253. The van der Waals surface area contributed by atoms with Crippen molar-refractivity contribution in [3.05, 3.63) is 12.2 Å². The predicted molar refractivity (Wildman–Crippen MR) is 113 cm³/mol. The Labute approximate surface area is 172 Å². The van der Waals surface area contributed by atoms with Gasteiger partial charge in [-0.2, -0.15) is 0 Å². The zero-order valence-corrected chi connectivity index (χ0v) is 17.9. The molecule has 1 heterocycles. The fourth-order valence-electron chi connectivity index (χ4n) is 3.61. The fraction of sp³-hybridized carbons (Fsp3) is 0.913. The van der Waals surface area contributed by atoms with Gasteiger partial charge in [0.25, 0.3) is 0 Å². The van der Waals surface area contributed by atoms with Crippen molar-refractivity contribution in [1.82, 2.24) is 0 Å². The van der Waals surface area contributed by atoms with Crippen molar-refractivity contribution in [3.63, 3.8) is 0 Å². The summed E-state index contributed by atoms with van der Waals surface area (Å²) in [6, 6.07) is 0. The van der Waals surface area contributed by atoms with Crippen LogP contribution in [0.1, 0.15) is 90.4 Å². The number of aliphatic hydroxyl groups is 3. The van der Waals surface area contributed by atoms with E-state index in [9.17, 15) is 15.3 Å². The molecule has 0 aromatic heterocycles. The van der Waals surface area contributed by atoms with Crippen molar-refractivity contribution in [2.75, 3.05) is 19.8 Å². The summed E-state index contributed by atoms with van der Waals surface area (Å²) in [5.41, 5.74) is 0. The molecule has 0 aliphatic carbocycles. The molecule has 1 saturated heterocycles. The van der Waals surface area contributed by atoms with E-state index in [1.54, 1.807) is 0 Å². The van der Waals surface area contributed by atoms with Crippen LogP contribution in [0.5, 0.6) is 0 Å². The van der Waals surface area contributed by atoms with Gasteiger partial charge in [-0.15, -0.1) is 0 Å². The van der Waals surface area contributed by atoms with Crippen LogP contribution in [0.15, 0.2) is 12.2 Å².